The van der Waals surface area contributed by atoms with Gasteiger partial charge in [-0.15, -0.1) is 0 Å². The predicted octanol–water partition coefficient (Wildman–Crippen LogP) is 4.08. The average Bonchev–Trinajstić information content (AvgIpc) is 2.97. The molecule has 43 heavy (non-hydrogen) atoms. The molecule has 3 aromatic rings. The lowest BCUT2D eigenvalue weighted by molar-refractivity contribution is -0.303. The van der Waals surface area contributed by atoms with E-state index in [0.29, 0.717) is 0 Å². The van der Waals surface area contributed by atoms with Crippen molar-refractivity contribution in [3.63, 3.8) is 0 Å². The second-order valence-electron chi connectivity index (χ2n) is 9.96. The molecule has 3 unspecified atom stereocenters. The van der Waals surface area contributed by atoms with Crippen LogP contribution in [0, 0.1) is 0 Å². The maximum absolute atomic E-state index is 12.3. The molecule has 1 aliphatic rings. The quantitative estimate of drug-likeness (QED) is 0.194. The Bertz CT molecular complexity index is 1300. The Hall–Kier alpha value is -4.54. The summed E-state index contributed by atoms with van der Waals surface area (Å²) in [7, 11) is 0. The van der Waals surface area contributed by atoms with E-state index in [1.54, 1.807) is 0 Å². The summed E-state index contributed by atoms with van der Waals surface area (Å²) in [6.07, 6.45) is -6.73. The van der Waals surface area contributed by atoms with Crippen molar-refractivity contribution in [3.8, 4) is 0 Å². The van der Waals surface area contributed by atoms with Crippen molar-refractivity contribution >= 4 is 23.9 Å². The van der Waals surface area contributed by atoms with Gasteiger partial charge in [0.1, 0.15) is 11.7 Å². The van der Waals surface area contributed by atoms with Crippen molar-refractivity contribution in [3.05, 3.63) is 108 Å². The van der Waals surface area contributed by atoms with Gasteiger partial charge in [-0.3, -0.25) is 19.2 Å². The van der Waals surface area contributed by atoms with Gasteiger partial charge in [0.15, 0.2) is 12.2 Å². The van der Waals surface area contributed by atoms with Crippen LogP contribution in [-0.2, 0) is 53.2 Å². The third-order valence-electron chi connectivity index (χ3n) is 6.78. The van der Waals surface area contributed by atoms with Crippen LogP contribution in [0.5, 0.6) is 0 Å². The van der Waals surface area contributed by atoms with Crippen molar-refractivity contribution in [1.82, 2.24) is 0 Å². The zero-order valence-electron chi connectivity index (χ0n) is 24.3. The van der Waals surface area contributed by atoms with Crippen molar-refractivity contribution < 1.29 is 47.6 Å². The Kier molecular flexibility index (Phi) is 10.3. The molecule has 0 aromatic heterocycles. The molecular weight excluding hydrogens is 556 g/mol. The van der Waals surface area contributed by atoms with Gasteiger partial charge in [-0.1, -0.05) is 91.0 Å². The van der Waals surface area contributed by atoms with Gasteiger partial charge in [-0.2, -0.15) is 0 Å². The number of benzene rings is 3. The molecule has 1 fully saturated rings. The van der Waals surface area contributed by atoms with E-state index in [1.165, 1.54) is 6.92 Å². The molecule has 3 aromatic carbocycles. The Morgan fingerprint density at radius 1 is 0.558 bits per heavy atom. The van der Waals surface area contributed by atoms with Crippen molar-refractivity contribution in [2.75, 3.05) is 6.61 Å². The molecular formula is C33H34O10. The first-order chi connectivity index (χ1) is 20.6. The Morgan fingerprint density at radius 2 is 0.930 bits per heavy atom. The van der Waals surface area contributed by atoms with E-state index in [2.05, 4.69) is 0 Å². The van der Waals surface area contributed by atoms with E-state index in [-0.39, 0.29) is 6.61 Å². The van der Waals surface area contributed by atoms with Crippen molar-refractivity contribution in [2.24, 2.45) is 0 Å². The van der Waals surface area contributed by atoms with E-state index >= 15 is 0 Å². The first-order valence-electron chi connectivity index (χ1n) is 13.8. The number of rotatable bonds is 10. The molecule has 5 atom stereocenters. The molecule has 10 nitrogen and oxygen atoms in total. The minimum absolute atomic E-state index is 0.237. The minimum Gasteiger partial charge on any atom is -0.456 e. The molecule has 0 bridgehead atoms. The standard InChI is InChI=1S/C33H34O10/c1-21(34)39-29-28(43-32(42-24(4)37)31(41-23(3)36)30(29)40-22(2)35)20-38-33(25-14-8-5-9-15-25,26-16-10-6-11-17-26)27-18-12-7-13-19-27/h5-19,28-32H,20H2,1-4H3/t28?,29-,30?,31?,32-/m1/s1. The van der Waals surface area contributed by atoms with Crippen LogP contribution in [-0.4, -0.2) is 61.2 Å². The van der Waals surface area contributed by atoms with Gasteiger partial charge in [0.2, 0.25) is 12.4 Å². The highest BCUT2D eigenvalue weighted by Gasteiger charge is 2.54. The van der Waals surface area contributed by atoms with Gasteiger partial charge in [0.05, 0.1) is 6.61 Å². The maximum Gasteiger partial charge on any atom is 0.305 e. The fourth-order valence-corrected chi connectivity index (χ4v) is 5.22. The van der Waals surface area contributed by atoms with Gasteiger partial charge in [-0.05, 0) is 16.7 Å². The summed E-state index contributed by atoms with van der Waals surface area (Å²) in [5.41, 5.74) is 1.24. The van der Waals surface area contributed by atoms with E-state index in [9.17, 15) is 19.2 Å². The largest absolute Gasteiger partial charge is 0.456 e. The van der Waals surface area contributed by atoms with Crippen LogP contribution >= 0.6 is 0 Å². The molecule has 0 N–H and O–H groups in total. The van der Waals surface area contributed by atoms with Crippen LogP contribution in [0.25, 0.3) is 0 Å². The number of hydrogen-bond donors (Lipinski definition) is 0. The van der Waals surface area contributed by atoms with E-state index in [0.717, 1.165) is 37.5 Å². The smallest absolute Gasteiger partial charge is 0.305 e. The lowest BCUT2D eigenvalue weighted by Crippen LogP contribution is -2.63. The molecule has 10 heteroatoms. The fourth-order valence-electron chi connectivity index (χ4n) is 5.22. The van der Waals surface area contributed by atoms with Crippen LogP contribution in [0.2, 0.25) is 0 Å². The van der Waals surface area contributed by atoms with Crippen LogP contribution in [0.3, 0.4) is 0 Å². The number of hydrogen-bond acceptors (Lipinski definition) is 10. The third kappa shape index (κ3) is 7.46. The molecule has 4 rings (SSSR count). The lowest BCUT2D eigenvalue weighted by Gasteiger charge is -2.45. The Labute approximate surface area is 249 Å². The molecule has 0 aliphatic carbocycles. The van der Waals surface area contributed by atoms with Crippen molar-refractivity contribution in [2.45, 2.75) is 64.0 Å². The van der Waals surface area contributed by atoms with Gasteiger partial charge in [0, 0.05) is 27.7 Å². The third-order valence-corrected chi connectivity index (χ3v) is 6.78. The Balaban J connectivity index is 1.83. The predicted molar refractivity (Wildman–Crippen MR) is 152 cm³/mol. The van der Waals surface area contributed by atoms with Gasteiger partial charge >= 0.3 is 23.9 Å². The summed E-state index contributed by atoms with van der Waals surface area (Å²) >= 11 is 0. The second-order valence-corrected chi connectivity index (χ2v) is 9.96. The fraction of sp³-hybridized carbons (Fsp3) is 0.333. The van der Waals surface area contributed by atoms with E-state index < -0.39 is 60.2 Å². The zero-order chi connectivity index (χ0) is 31.0. The van der Waals surface area contributed by atoms with E-state index in [4.69, 9.17) is 28.4 Å². The zero-order valence-corrected chi connectivity index (χ0v) is 24.3. The van der Waals surface area contributed by atoms with Gasteiger partial charge in [0.25, 0.3) is 0 Å². The summed E-state index contributed by atoms with van der Waals surface area (Å²) in [6, 6.07) is 28.7. The highest BCUT2D eigenvalue weighted by atomic mass is 16.7. The number of carbonyl (C=O) groups excluding carboxylic acids is 4. The minimum atomic E-state index is -1.49. The number of esters is 4. The number of carbonyl (C=O) groups is 4. The molecule has 1 aliphatic heterocycles. The van der Waals surface area contributed by atoms with E-state index in [1.807, 2.05) is 91.0 Å². The normalized spacial score (nSPS) is 21.7. The Morgan fingerprint density at radius 3 is 1.33 bits per heavy atom. The highest BCUT2D eigenvalue weighted by molar-refractivity contribution is 5.69. The SMILES string of the molecule is CC(=O)OC1C(OC(C)=O)[C@H](OC(C)=O)C(COC(c2ccccc2)(c2ccccc2)c2ccccc2)O[C@H]1OC(C)=O. The van der Waals surface area contributed by atoms with Crippen LogP contribution in [0.1, 0.15) is 44.4 Å². The first-order valence-corrected chi connectivity index (χ1v) is 13.8. The summed E-state index contributed by atoms with van der Waals surface area (Å²) < 4.78 is 34.9. The molecule has 0 radical (unpaired) electrons. The first kappa shape index (κ1) is 31.4. The van der Waals surface area contributed by atoms with Crippen LogP contribution < -0.4 is 0 Å². The summed E-state index contributed by atoms with van der Waals surface area (Å²) in [5.74, 6) is -2.93. The highest BCUT2D eigenvalue weighted by Crippen LogP contribution is 2.41. The molecule has 1 heterocycles. The average molecular weight is 591 g/mol. The van der Waals surface area contributed by atoms with Gasteiger partial charge in [-0.25, -0.2) is 0 Å². The summed E-state index contributed by atoms with van der Waals surface area (Å²) in [5, 5.41) is 0. The maximum atomic E-state index is 12.3. The lowest BCUT2D eigenvalue weighted by atomic mass is 9.80. The molecule has 0 amide bonds. The second kappa shape index (κ2) is 14.1. The molecule has 1 saturated heterocycles. The van der Waals surface area contributed by atoms with Gasteiger partial charge < -0.3 is 28.4 Å². The number of ether oxygens (including phenoxy) is 6. The summed E-state index contributed by atoms with van der Waals surface area (Å²) in [4.78, 5) is 48.6. The molecule has 226 valence electrons. The monoisotopic (exact) mass is 590 g/mol. The summed E-state index contributed by atoms with van der Waals surface area (Å²) in [6.45, 7) is 4.40. The topological polar surface area (TPSA) is 124 Å². The van der Waals surface area contributed by atoms with Crippen molar-refractivity contribution in [1.29, 1.82) is 0 Å². The molecule has 0 spiro atoms. The van der Waals surface area contributed by atoms with Crippen LogP contribution in [0.4, 0.5) is 0 Å². The van der Waals surface area contributed by atoms with Crippen LogP contribution in [0.15, 0.2) is 91.0 Å². The molecule has 0 saturated carbocycles.